The number of rotatable bonds is 5. The van der Waals surface area contributed by atoms with E-state index < -0.39 is 0 Å². The highest BCUT2D eigenvalue weighted by Crippen LogP contribution is 2.22. The van der Waals surface area contributed by atoms with E-state index in [9.17, 15) is 4.79 Å². The van der Waals surface area contributed by atoms with Gasteiger partial charge in [0.25, 0.3) is 0 Å². The SMILES string of the molecule is Cc1cc(Cl)ccc1OCCN1CCN(C(=O)C2CCOCC2)CC1. The van der Waals surface area contributed by atoms with Gasteiger partial charge in [-0.3, -0.25) is 9.69 Å². The molecule has 0 atom stereocenters. The molecule has 1 amide bonds. The second-order valence-corrected chi connectivity index (χ2v) is 7.25. The Labute approximate surface area is 154 Å². The second-order valence-electron chi connectivity index (χ2n) is 6.81. The Bertz CT molecular complexity index is 582. The molecule has 0 radical (unpaired) electrons. The van der Waals surface area contributed by atoms with Crippen molar-refractivity contribution in [1.29, 1.82) is 0 Å². The summed E-state index contributed by atoms with van der Waals surface area (Å²) in [5.41, 5.74) is 1.05. The molecule has 0 bridgehead atoms. The van der Waals surface area contributed by atoms with E-state index in [0.29, 0.717) is 12.5 Å². The number of hydrogen-bond donors (Lipinski definition) is 0. The monoisotopic (exact) mass is 366 g/mol. The summed E-state index contributed by atoms with van der Waals surface area (Å²) in [7, 11) is 0. The van der Waals surface area contributed by atoms with E-state index >= 15 is 0 Å². The van der Waals surface area contributed by atoms with Gasteiger partial charge >= 0.3 is 0 Å². The van der Waals surface area contributed by atoms with E-state index in [1.54, 1.807) is 0 Å². The third-order valence-corrected chi connectivity index (χ3v) is 5.29. The van der Waals surface area contributed by atoms with Gasteiger partial charge in [-0.1, -0.05) is 11.6 Å². The zero-order valence-corrected chi connectivity index (χ0v) is 15.6. The van der Waals surface area contributed by atoms with E-state index in [0.717, 1.165) is 75.1 Å². The number of hydrogen-bond acceptors (Lipinski definition) is 4. The number of ether oxygens (including phenoxy) is 2. The van der Waals surface area contributed by atoms with Crippen molar-refractivity contribution in [2.45, 2.75) is 19.8 Å². The summed E-state index contributed by atoms with van der Waals surface area (Å²) in [6.07, 6.45) is 1.74. The molecule has 2 aliphatic rings. The van der Waals surface area contributed by atoms with Gasteiger partial charge in [0.2, 0.25) is 5.91 Å². The lowest BCUT2D eigenvalue weighted by Gasteiger charge is -2.37. The molecule has 2 saturated heterocycles. The Morgan fingerprint density at radius 1 is 1.24 bits per heavy atom. The Balaban J connectivity index is 1.38. The van der Waals surface area contributed by atoms with Crippen LogP contribution in [0.2, 0.25) is 5.02 Å². The smallest absolute Gasteiger partial charge is 0.225 e. The first-order chi connectivity index (χ1) is 12.1. The van der Waals surface area contributed by atoms with Gasteiger partial charge in [0.1, 0.15) is 12.4 Å². The van der Waals surface area contributed by atoms with Crippen LogP contribution in [0.1, 0.15) is 18.4 Å². The van der Waals surface area contributed by atoms with Crippen molar-refractivity contribution in [3.63, 3.8) is 0 Å². The first kappa shape index (κ1) is 18.5. The quantitative estimate of drug-likeness (QED) is 0.803. The predicted octanol–water partition coefficient (Wildman–Crippen LogP) is 2.60. The summed E-state index contributed by atoms with van der Waals surface area (Å²) < 4.78 is 11.2. The molecule has 0 saturated carbocycles. The van der Waals surface area contributed by atoms with Crippen molar-refractivity contribution in [3.05, 3.63) is 28.8 Å². The third kappa shape index (κ3) is 5.09. The molecular weight excluding hydrogens is 340 g/mol. The fraction of sp³-hybridized carbons (Fsp3) is 0.632. The van der Waals surface area contributed by atoms with E-state index in [-0.39, 0.29) is 5.92 Å². The molecule has 25 heavy (non-hydrogen) atoms. The van der Waals surface area contributed by atoms with Crippen LogP contribution in [-0.2, 0) is 9.53 Å². The summed E-state index contributed by atoms with van der Waals surface area (Å²) in [6, 6.07) is 5.68. The fourth-order valence-corrected chi connectivity index (χ4v) is 3.68. The topological polar surface area (TPSA) is 42.0 Å². The number of nitrogens with zero attached hydrogens (tertiary/aromatic N) is 2. The summed E-state index contributed by atoms with van der Waals surface area (Å²) in [5, 5.41) is 0.732. The van der Waals surface area contributed by atoms with Crippen molar-refractivity contribution >= 4 is 17.5 Å². The van der Waals surface area contributed by atoms with Gasteiger partial charge in [-0.15, -0.1) is 0 Å². The highest BCUT2D eigenvalue weighted by atomic mass is 35.5. The number of carbonyl (C=O) groups excluding carboxylic acids is 1. The number of halogens is 1. The van der Waals surface area contributed by atoms with Crippen molar-refractivity contribution in [2.75, 3.05) is 52.5 Å². The Kier molecular flexibility index (Phi) is 6.57. The summed E-state index contributed by atoms with van der Waals surface area (Å²) in [6.45, 7) is 8.43. The first-order valence-electron chi connectivity index (χ1n) is 9.11. The molecule has 2 aliphatic heterocycles. The van der Waals surface area contributed by atoms with Gasteiger partial charge in [0.05, 0.1) is 0 Å². The minimum Gasteiger partial charge on any atom is -0.492 e. The highest BCUT2D eigenvalue weighted by molar-refractivity contribution is 6.30. The van der Waals surface area contributed by atoms with Gasteiger partial charge in [-0.05, 0) is 43.5 Å². The number of piperazine rings is 1. The normalized spacial score (nSPS) is 19.8. The third-order valence-electron chi connectivity index (χ3n) is 5.06. The van der Waals surface area contributed by atoms with Crippen molar-refractivity contribution in [2.24, 2.45) is 5.92 Å². The molecule has 0 N–H and O–H groups in total. The summed E-state index contributed by atoms with van der Waals surface area (Å²) >= 11 is 5.97. The van der Waals surface area contributed by atoms with Gasteiger partial charge in [0.15, 0.2) is 0 Å². The fourth-order valence-electron chi connectivity index (χ4n) is 3.45. The largest absolute Gasteiger partial charge is 0.492 e. The van der Waals surface area contributed by atoms with Crippen LogP contribution in [0.4, 0.5) is 0 Å². The molecule has 0 unspecified atom stereocenters. The molecule has 3 rings (SSSR count). The predicted molar refractivity (Wildman–Crippen MR) is 98.2 cm³/mol. The van der Waals surface area contributed by atoms with Crippen molar-refractivity contribution < 1.29 is 14.3 Å². The minimum absolute atomic E-state index is 0.163. The molecule has 0 aromatic heterocycles. The maximum atomic E-state index is 12.5. The Morgan fingerprint density at radius 2 is 1.96 bits per heavy atom. The molecule has 138 valence electrons. The molecule has 1 aromatic carbocycles. The molecule has 0 spiro atoms. The Hall–Kier alpha value is -1.30. The maximum Gasteiger partial charge on any atom is 0.225 e. The number of carbonyl (C=O) groups is 1. The van der Waals surface area contributed by atoms with Crippen LogP contribution in [0, 0.1) is 12.8 Å². The van der Waals surface area contributed by atoms with Crippen LogP contribution >= 0.6 is 11.6 Å². The van der Waals surface area contributed by atoms with E-state index in [4.69, 9.17) is 21.1 Å². The lowest BCUT2D eigenvalue weighted by Crippen LogP contribution is -2.51. The molecule has 2 fully saturated rings. The molecule has 6 heteroatoms. The number of aryl methyl sites for hydroxylation is 1. The first-order valence-corrected chi connectivity index (χ1v) is 9.49. The average Bonchev–Trinajstić information content (AvgIpc) is 2.64. The molecular formula is C19H27ClN2O3. The molecule has 0 aliphatic carbocycles. The number of benzene rings is 1. The average molecular weight is 367 g/mol. The molecule has 1 aromatic rings. The standard InChI is InChI=1S/C19H27ClN2O3/c1-15-14-17(20)2-3-18(15)25-13-10-21-6-8-22(9-7-21)19(23)16-4-11-24-12-5-16/h2-3,14,16H,4-13H2,1H3. The summed E-state index contributed by atoms with van der Waals surface area (Å²) in [4.78, 5) is 16.9. The van der Waals surface area contributed by atoms with E-state index in [1.165, 1.54) is 0 Å². The van der Waals surface area contributed by atoms with E-state index in [1.807, 2.05) is 30.0 Å². The summed E-state index contributed by atoms with van der Waals surface area (Å²) in [5.74, 6) is 1.37. The lowest BCUT2D eigenvalue weighted by atomic mass is 9.98. The van der Waals surface area contributed by atoms with Crippen LogP contribution < -0.4 is 4.74 Å². The zero-order valence-electron chi connectivity index (χ0n) is 14.9. The lowest BCUT2D eigenvalue weighted by molar-refractivity contribution is -0.140. The number of amides is 1. The van der Waals surface area contributed by atoms with Crippen LogP contribution in [-0.4, -0.2) is 68.3 Å². The van der Waals surface area contributed by atoms with Crippen LogP contribution in [0.3, 0.4) is 0 Å². The Morgan fingerprint density at radius 3 is 2.64 bits per heavy atom. The maximum absolute atomic E-state index is 12.5. The van der Waals surface area contributed by atoms with Gasteiger partial charge in [-0.25, -0.2) is 0 Å². The van der Waals surface area contributed by atoms with Crippen molar-refractivity contribution in [1.82, 2.24) is 9.80 Å². The van der Waals surface area contributed by atoms with Crippen LogP contribution in [0.25, 0.3) is 0 Å². The minimum atomic E-state index is 0.163. The zero-order chi connectivity index (χ0) is 17.6. The highest BCUT2D eigenvalue weighted by Gasteiger charge is 2.28. The molecule has 5 nitrogen and oxygen atoms in total. The van der Waals surface area contributed by atoms with Crippen LogP contribution in [0.15, 0.2) is 18.2 Å². The van der Waals surface area contributed by atoms with Crippen molar-refractivity contribution in [3.8, 4) is 5.75 Å². The van der Waals surface area contributed by atoms with Gasteiger partial charge < -0.3 is 14.4 Å². The van der Waals surface area contributed by atoms with E-state index in [2.05, 4.69) is 4.90 Å². The van der Waals surface area contributed by atoms with Gasteiger partial charge in [0, 0.05) is 56.9 Å². The van der Waals surface area contributed by atoms with Crippen LogP contribution in [0.5, 0.6) is 5.75 Å². The molecule has 2 heterocycles. The second kappa shape index (κ2) is 8.88. The van der Waals surface area contributed by atoms with Gasteiger partial charge in [-0.2, -0.15) is 0 Å².